The van der Waals surface area contributed by atoms with Gasteiger partial charge in [0.15, 0.2) is 0 Å². The molecule has 0 aromatic heterocycles. The highest BCUT2D eigenvalue weighted by atomic mass is 16.5. The predicted octanol–water partition coefficient (Wildman–Crippen LogP) is 3.15. The molecule has 5 heteroatoms. The SMILES string of the molecule is C=CC1CC(/C=C\C2OC(C=C)C(C(C)=O)C2C(C)=O)C(C(=O)OC)C1C. The predicted molar refractivity (Wildman–Crippen MR) is 103 cm³/mol. The van der Waals surface area contributed by atoms with Crippen LogP contribution in [-0.4, -0.2) is 36.9 Å². The molecule has 27 heavy (non-hydrogen) atoms. The van der Waals surface area contributed by atoms with Gasteiger partial charge in [-0.25, -0.2) is 0 Å². The van der Waals surface area contributed by atoms with Crippen molar-refractivity contribution in [1.29, 1.82) is 0 Å². The number of methoxy groups -OCH3 is 1. The highest BCUT2D eigenvalue weighted by molar-refractivity contribution is 5.89. The van der Waals surface area contributed by atoms with E-state index in [1.165, 1.54) is 21.0 Å². The van der Waals surface area contributed by atoms with Crippen molar-refractivity contribution in [2.75, 3.05) is 7.11 Å². The number of rotatable bonds is 7. The van der Waals surface area contributed by atoms with Crippen LogP contribution in [0.3, 0.4) is 0 Å². The maximum absolute atomic E-state index is 12.3. The lowest BCUT2D eigenvalue weighted by molar-refractivity contribution is -0.147. The van der Waals surface area contributed by atoms with Gasteiger partial charge in [-0.1, -0.05) is 31.2 Å². The lowest BCUT2D eigenvalue weighted by atomic mass is 9.81. The minimum Gasteiger partial charge on any atom is -0.469 e. The summed E-state index contributed by atoms with van der Waals surface area (Å²) in [5.74, 6) is -1.38. The van der Waals surface area contributed by atoms with Gasteiger partial charge in [0.05, 0.1) is 37.1 Å². The smallest absolute Gasteiger partial charge is 0.309 e. The second-order valence-corrected chi connectivity index (χ2v) is 7.67. The van der Waals surface area contributed by atoms with Crippen molar-refractivity contribution >= 4 is 17.5 Å². The van der Waals surface area contributed by atoms with E-state index in [1.807, 2.05) is 25.2 Å². The quantitative estimate of drug-likeness (QED) is 0.506. The molecule has 1 saturated carbocycles. The van der Waals surface area contributed by atoms with Crippen LogP contribution < -0.4 is 0 Å². The Labute approximate surface area is 161 Å². The Kier molecular flexibility index (Phi) is 6.93. The van der Waals surface area contributed by atoms with Crippen LogP contribution in [0.5, 0.6) is 0 Å². The van der Waals surface area contributed by atoms with Gasteiger partial charge in [0.2, 0.25) is 0 Å². The fourth-order valence-corrected chi connectivity index (χ4v) is 4.71. The van der Waals surface area contributed by atoms with Crippen molar-refractivity contribution in [3.05, 3.63) is 37.5 Å². The van der Waals surface area contributed by atoms with Crippen molar-refractivity contribution in [2.45, 2.75) is 39.4 Å². The van der Waals surface area contributed by atoms with Crippen molar-refractivity contribution < 1.29 is 23.9 Å². The average molecular weight is 374 g/mol. The molecule has 2 fully saturated rings. The van der Waals surface area contributed by atoms with Gasteiger partial charge in [-0.15, -0.1) is 13.2 Å². The van der Waals surface area contributed by atoms with Gasteiger partial charge >= 0.3 is 5.97 Å². The van der Waals surface area contributed by atoms with Gasteiger partial charge in [-0.05, 0) is 38.0 Å². The first-order valence-corrected chi connectivity index (χ1v) is 9.44. The Morgan fingerprint density at radius 2 is 1.52 bits per heavy atom. The number of Topliss-reactive ketones (excluding diaryl/α,β-unsaturated/α-hetero) is 2. The molecular weight excluding hydrogens is 344 g/mol. The van der Waals surface area contributed by atoms with Gasteiger partial charge in [0.1, 0.15) is 11.6 Å². The zero-order valence-electron chi connectivity index (χ0n) is 16.6. The van der Waals surface area contributed by atoms with E-state index in [1.54, 1.807) is 6.08 Å². The molecule has 8 atom stereocenters. The summed E-state index contributed by atoms with van der Waals surface area (Å²) in [5, 5.41) is 0. The van der Waals surface area contributed by atoms with Crippen molar-refractivity contribution in [2.24, 2.45) is 35.5 Å². The number of ether oxygens (including phenoxy) is 2. The lowest BCUT2D eigenvalue weighted by Crippen LogP contribution is -2.32. The van der Waals surface area contributed by atoms with Crippen LogP contribution in [0.4, 0.5) is 0 Å². The first-order valence-electron chi connectivity index (χ1n) is 9.44. The van der Waals surface area contributed by atoms with E-state index < -0.39 is 24.0 Å². The third-order valence-corrected chi connectivity index (χ3v) is 6.15. The second-order valence-electron chi connectivity index (χ2n) is 7.67. The van der Waals surface area contributed by atoms with E-state index in [-0.39, 0.29) is 41.2 Å². The molecule has 0 aromatic rings. The van der Waals surface area contributed by atoms with Crippen LogP contribution in [-0.2, 0) is 23.9 Å². The summed E-state index contributed by atoms with van der Waals surface area (Å²) in [6.07, 6.45) is 7.06. The molecule has 5 nitrogen and oxygen atoms in total. The van der Waals surface area contributed by atoms with Crippen LogP contribution in [0.25, 0.3) is 0 Å². The molecular formula is C22H30O5. The number of ketones is 2. The van der Waals surface area contributed by atoms with Crippen molar-refractivity contribution in [3.8, 4) is 0 Å². The van der Waals surface area contributed by atoms with Crippen LogP contribution in [0, 0.1) is 35.5 Å². The van der Waals surface area contributed by atoms with E-state index >= 15 is 0 Å². The summed E-state index contributed by atoms with van der Waals surface area (Å²) in [6.45, 7) is 12.6. The third kappa shape index (κ3) is 4.13. The normalized spacial score (nSPS) is 38.7. The molecule has 0 amide bonds. The Morgan fingerprint density at radius 1 is 0.926 bits per heavy atom. The number of hydrogen-bond acceptors (Lipinski definition) is 5. The minimum atomic E-state index is -0.535. The molecule has 0 radical (unpaired) electrons. The molecule has 1 heterocycles. The summed E-state index contributed by atoms with van der Waals surface area (Å²) in [4.78, 5) is 36.5. The number of hydrogen-bond donors (Lipinski definition) is 0. The molecule has 0 aromatic carbocycles. The Balaban J connectivity index is 2.27. The fraction of sp³-hybridized carbons (Fsp3) is 0.591. The molecule has 2 aliphatic rings. The number of esters is 1. The van der Waals surface area contributed by atoms with Crippen LogP contribution >= 0.6 is 0 Å². The standard InChI is InChI=1S/C22H30O5/c1-7-15-11-16(19(12(15)3)22(25)26-6)9-10-18-21(14(5)24)20(13(4)23)17(8-2)27-18/h7-10,12,15-21H,1-2,11H2,3-6H3/b10-9-. The summed E-state index contributed by atoms with van der Waals surface area (Å²) < 4.78 is 10.9. The number of allylic oxidation sites excluding steroid dienone is 2. The Bertz CT molecular complexity index is 649. The molecule has 1 aliphatic carbocycles. The highest BCUT2D eigenvalue weighted by Crippen LogP contribution is 2.44. The molecule has 2 rings (SSSR count). The van der Waals surface area contributed by atoms with Crippen molar-refractivity contribution in [3.63, 3.8) is 0 Å². The topological polar surface area (TPSA) is 69.7 Å². The lowest BCUT2D eigenvalue weighted by Gasteiger charge is -2.20. The van der Waals surface area contributed by atoms with Gasteiger partial charge in [-0.2, -0.15) is 0 Å². The second kappa shape index (κ2) is 8.79. The molecule has 148 valence electrons. The maximum Gasteiger partial charge on any atom is 0.309 e. The Morgan fingerprint density at radius 3 is 2.00 bits per heavy atom. The molecule has 0 spiro atoms. The first kappa shape index (κ1) is 21.3. The van der Waals surface area contributed by atoms with E-state index in [0.29, 0.717) is 0 Å². The van der Waals surface area contributed by atoms with E-state index in [4.69, 9.17) is 9.47 Å². The highest BCUT2D eigenvalue weighted by Gasteiger charge is 2.48. The minimum absolute atomic E-state index is 0.0229. The molecule has 0 bridgehead atoms. The summed E-state index contributed by atoms with van der Waals surface area (Å²) in [6, 6.07) is 0. The fourth-order valence-electron chi connectivity index (χ4n) is 4.71. The van der Waals surface area contributed by atoms with Crippen LogP contribution in [0.15, 0.2) is 37.5 Å². The summed E-state index contributed by atoms with van der Waals surface area (Å²) in [7, 11) is 1.40. The largest absolute Gasteiger partial charge is 0.469 e. The molecule has 1 saturated heterocycles. The Hall–Kier alpha value is -2.01. The first-order chi connectivity index (χ1) is 12.8. The molecule has 0 N–H and O–H groups in total. The number of carbonyl (C=O) groups excluding carboxylic acids is 3. The van der Waals surface area contributed by atoms with E-state index in [2.05, 4.69) is 13.2 Å². The van der Waals surface area contributed by atoms with E-state index in [0.717, 1.165) is 6.42 Å². The third-order valence-electron chi connectivity index (χ3n) is 6.15. The summed E-state index contributed by atoms with van der Waals surface area (Å²) in [5.41, 5.74) is 0. The van der Waals surface area contributed by atoms with Gasteiger partial charge in [-0.3, -0.25) is 14.4 Å². The molecule has 8 unspecified atom stereocenters. The van der Waals surface area contributed by atoms with Gasteiger partial charge in [0, 0.05) is 0 Å². The molecule has 1 aliphatic heterocycles. The van der Waals surface area contributed by atoms with Gasteiger partial charge < -0.3 is 9.47 Å². The van der Waals surface area contributed by atoms with E-state index in [9.17, 15) is 14.4 Å². The average Bonchev–Trinajstić information content (AvgIpc) is 3.16. The zero-order valence-corrected chi connectivity index (χ0v) is 16.6. The van der Waals surface area contributed by atoms with Crippen molar-refractivity contribution in [1.82, 2.24) is 0 Å². The summed E-state index contributed by atoms with van der Waals surface area (Å²) >= 11 is 0. The van der Waals surface area contributed by atoms with Crippen LogP contribution in [0.2, 0.25) is 0 Å². The zero-order chi connectivity index (χ0) is 20.3. The maximum atomic E-state index is 12.3. The van der Waals surface area contributed by atoms with Gasteiger partial charge in [0.25, 0.3) is 0 Å². The van der Waals surface area contributed by atoms with Crippen LogP contribution in [0.1, 0.15) is 27.2 Å². The monoisotopic (exact) mass is 374 g/mol. The number of carbonyl (C=O) groups is 3.